The van der Waals surface area contributed by atoms with Gasteiger partial charge in [0, 0.05) is 32.2 Å². The number of fused-ring (bicyclic) bond motifs is 1. The Bertz CT molecular complexity index is 675. The minimum Gasteiger partial charge on any atom is -0.508 e. The summed E-state index contributed by atoms with van der Waals surface area (Å²) in [6.07, 6.45) is 5.53. The van der Waals surface area contributed by atoms with Crippen LogP contribution in [0.2, 0.25) is 0 Å². The van der Waals surface area contributed by atoms with Gasteiger partial charge in [-0.2, -0.15) is 0 Å². The van der Waals surface area contributed by atoms with Gasteiger partial charge >= 0.3 is 0 Å². The quantitative estimate of drug-likeness (QED) is 0.575. The molecule has 4 N–H and O–H groups in total. The summed E-state index contributed by atoms with van der Waals surface area (Å²) in [6.45, 7) is 3.77. The van der Waals surface area contributed by atoms with Gasteiger partial charge in [-0.3, -0.25) is 15.1 Å². The van der Waals surface area contributed by atoms with Crippen molar-refractivity contribution >= 4 is 5.91 Å². The molecule has 1 amide bonds. The van der Waals surface area contributed by atoms with Crippen LogP contribution >= 0.6 is 0 Å². The van der Waals surface area contributed by atoms with Crippen LogP contribution in [0.4, 0.5) is 0 Å². The first kappa shape index (κ1) is 20.6. The van der Waals surface area contributed by atoms with Gasteiger partial charge in [-0.1, -0.05) is 12.1 Å². The van der Waals surface area contributed by atoms with E-state index in [1.807, 2.05) is 12.1 Å². The monoisotopic (exact) mass is 402 g/mol. The predicted octanol–water partition coefficient (Wildman–Crippen LogP) is 1.38. The highest BCUT2D eigenvalue weighted by Gasteiger charge is 2.43. The maximum atomic E-state index is 12.8. The molecule has 7 nitrogen and oxygen atoms in total. The number of hydrogen-bond acceptors (Lipinski definition) is 6. The van der Waals surface area contributed by atoms with Crippen molar-refractivity contribution in [1.82, 2.24) is 21.1 Å². The van der Waals surface area contributed by atoms with Crippen LogP contribution in [-0.4, -0.2) is 60.8 Å². The number of carbonyl (C=O) groups is 1. The summed E-state index contributed by atoms with van der Waals surface area (Å²) in [7, 11) is 1.77. The number of likely N-dealkylation sites (tertiary alicyclic amines) is 1. The van der Waals surface area contributed by atoms with E-state index < -0.39 is 0 Å². The maximum Gasteiger partial charge on any atom is 0.238 e. The van der Waals surface area contributed by atoms with Crippen LogP contribution in [0.1, 0.15) is 37.7 Å². The van der Waals surface area contributed by atoms with Crippen molar-refractivity contribution in [2.45, 2.75) is 56.8 Å². The van der Waals surface area contributed by atoms with Gasteiger partial charge in [0.15, 0.2) is 0 Å². The molecule has 2 saturated heterocycles. The summed E-state index contributed by atoms with van der Waals surface area (Å²) in [5, 5.41) is 12.6. The second-order valence-electron chi connectivity index (χ2n) is 8.84. The first-order valence-corrected chi connectivity index (χ1v) is 10.9. The van der Waals surface area contributed by atoms with E-state index in [2.05, 4.69) is 21.1 Å². The zero-order chi connectivity index (χ0) is 20.2. The molecule has 2 heterocycles. The molecule has 3 aliphatic rings. The number of benzene rings is 1. The first-order valence-electron chi connectivity index (χ1n) is 10.9. The summed E-state index contributed by atoms with van der Waals surface area (Å²) in [5.74, 6) is 1.28. The van der Waals surface area contributed by atoms with E-state index in [4.69, 9.17) is 4.74 Å². The molecule has 2 aliphatic heterocycles. The van der Waals surface area contributed by atoms with E-state index in [0.29, 0.717) is 23.6 Å². The lowest BCUT2D eigenvalue weighted by Gasteiger charge is -2.33. The molecule has 1 saturated carbocycles. The molecule has 4 atom stereocenters. The highest BCUT2D eigenvalue weighted by molar-refractivity contribution is 5.82. The number of amides is 1. The molecule has 7 heteroatoms. The van der Waals surface area contributed by atoms with Crippen LogP contribution in [0, 0.1) is 11.8 Å². The van der Waals surface area contributed by atoms with Crippen LogP contribution in [0.15, 0.2) is 24.3 Å². The molecular weight excluding hydrogens is 368 g/mol. The van der Waals surface area contributed by atoms with E-state index in [1.165, 1.54) is 5.56 Å². The van der Waals surface area contributed by atoms with Gasteiger partial charge in [0.05, 0.1) is 6.10 Å². The fourth-order valence-corrected chi connectivity index (χ4v) is 5.05. The molecule has 4 unspecified atom stereocenters. The van der Waals surface area contributed by atoms with Crippen LogP contribution < -0.4 is 16.2 Å². The largest absolute Gasteiger partial charge is 0.508 e. The molecule has 0 aromatic heterocycles. The third-order valence-corrected chi connectivity index (χ3v) is 6.93. The molecule has 1 aromatic rings. The number of nitrogens with zero attached hydrogens (tertiary/aromatic N) is 1. The van der Waals surface area contributed by atoms with E-state index in [0.717, 1.165) is 58.3 Å². The minimum atomic E-state index is -0.160. The van der Waals surface area contributed by atoms with Gasteiger partial charge in [0.1, 0.15) is 11.8 Å². The van der Waals surface area contributed by atoms with E-state index in [9.17, 15) is 9.90 Å². The molecule has 1 aromatic carbocycles. The van der Waals surface area contributed by atoms with Gasteiger partial charge < -0.3 is 15.2 Å². The summed E-state index contributed by atoms with van der Waals surface area (Å²) in [5.41, 5.74) is 7.77. The Morgan fingerprint density at radius 3 is 2.66 bits per heavy atom. The fourth-order valence-electron chi connectivity index (χ4n) is 5.05. The lowest BCUT2D eigenvalue weighted by atomic mass is 9.80. The van der Waals surface area contributed by atoms with E-state index >= 15 is 0 Å². The lowest BCUT2D eigenvalue weighted by Crippen LogP contribution is -2.48. The highest BCUT2D eigenvalue weighted by atomic mass is 16.5. The number of ether oxygens (including phenoxy) is 1. The molecule has 0 spiro atoms. The first-order chi connectivity index (χ1) is 14.1. The summed E-state index contributed by atoms with van der Waals surface area (Å²) >= 11 is 0. The molecule has 1 aliphatic carbocycles. The number of phenolic OH excluding ortho intramolecular Hbond substituents is 1. The normalized spacial score (nSPS) is 30.8. The molecule has 0 bridgehead atoms. The fraction of sp³-hybridized carbons (Fsp3) is 0.682. The predicted molar refractivity (Wildman–Crippen MR) is 111 cm³/mol. The van der Waals surface area contributed by atoms with Crippen molar-refractivity contribution < 1.29 is 14.6 Å². The molecular formula is C22H34N4O3. The number of aromatic hydroxyl groups is 1. The molecule has 29 heavy (non-hydrogen) atoms. The Hall–Kier alpha value is -1.67. The van der Waals surface area contributed by atoms with Gasteiger partial charge in [0.2, 0.25) is 5.91 Å². The Morgan fingerprint density at radius 1 is 1.17 bits per heavy atom. The van der Waals surface area contributed by atoms with Gasteiger partial charge in [-0.25, -0.2) is 5.43 Å². The van der Waals surface area contributed by atoms with Crippen LogP contribution in [0.3, 0.4) is 0 Å². The number of nitrogens with one attached hydrogen (secondary N) is 3. The van der Waals surface area contributed by atoms with Gasteiger partial charge in [-0.05, 0) is 68.8 Å². The molecule has 160 valence electrons. The topological polar surface area (TPSA) is 85.9 Å². The number of hydrazine groups is 1. The van der Waals surface area contributed by atoms with Crippen molar-refractivity contribution in [2.75, 3.05) is 26.7 Å². The number of piperidine rings is 1. The van der Waals surface area contributed by atoms with Crippen molar-refractivity contribution in [1.29, 1.82) is 0 Å². The van der Waals surface area contributed by atoms with Crippen LogP contribution in [-0.2, 0) is 16.1 Å². The van der Waals surface area contributed by atoms with E-state index in [-0.39, 0.29) is 18.1 Å². The third kappa shape index (κ3) is 5.09. The Kier molecular flexibility index (Phi) is 6.70. The average molecular weight is 403 g/mol. The minimum absolute atomic E-state index is 0.119. The smallest absolute Gasteiger partial charge is 0.238 e. The molecule has 0 radical (unpaired) electrons. The van der Waals surface area contributed by atoms with Crippen LogP contribution in [0.25, 0.3) is 0 Å². The number of phenols is 1. The maximum absolute atomic E-state index is 12.8. The second kappa shape index (κ2) is 9.43. The second-order valence-corrected chi connectivity index (χ2v) is 8.84. The molecule has 3 fully saturated rings. The van der Waals surface area contributed by atoms with E-state index in [1.54, 1.807) is 19.2 Å². The number of carbonyl (C=O) groups excluding carboxylic acids is 1. The van der Waals surface area contributed by atoms with Crippen LogP contribution in [0.5, 0.6) is 5.75 Å². The standard InChI is InChI=1S/C22H34N4O3/c1-29-18-6-7-20-19(12-18)21(25-24-20)22(28)23-13-15-8-10-26(11-9-15)14-16-2-4-17(27)5-3-16/h2-5,15,18-21,24-25,27H,6-14H2,1H3,(H,23,28). The zero-order valence-electron chi connectivity index (χ0n) is 17.3. The van der Waals surface area contributed by atoms with Crippen molar-refractivity contribution in [3.8, 4) is 5.75 Å². The third-order valence-electron chi connectivity index (χ3n) is 6.93. The number of hydrogen-bond donors (Lipinski definition) is 4. The lowest BCUT2D eigenvalue weighted by molar-refractivity contribution is -0.124. The van der Waals surface area contributed by atoms with Gasteiger partial charge in [0.25, 0.3) is 0 Å². The number of rotatable bonds is 6. The van der Waals surface area contributed by atoms with Crippen molar-refractivity contribution in [3.05, 3.63) is 29.8 Å². The summed E-state index contributed by atoms with van der Waals surface area (Å²) < 4.78 is 5.54. The zero-order valence-corrected chi connectivity index (χ0v) is 17.3. The van der Waals surface area contributed by atoms with Gasteiger partial charge in [-0.15, -0.1) is 0 Å². The highest BCUT2D eigenvalue weighted by Crippen LogP contribution is 2.32. The Balaban J connectivity index is 1.19. The summed E-state index contributed by atoms with van der Waals surface area (Å²) in [6, 6.07) is 7.67. The average Bonchev–Trinajstić information content (AvgIpc) is 3.18. The Labute approximate surface area is 173 Å². The molecule has 4 rings (SSSR count). The Morgan fingerprint density at radius 2 is 1.93 bits per heavy atom. The SMILES string of the molecule is COC1CCC2NNC(C(=O)NCC3CCN(Cc4ccc(O)cc4)CC3)C2C1. The van der Waals surface area contributed by atoms with Crippen molar-refractivity contribution in [3.63, 3.8) is 0 Å². The number of methoxy groups -OCH3 is 1. The van der Waals surface area contributed by atoms with Crippen molar-refractivity contribution in [2.24, 2.45) is 11.8 Å². The summed E-state index contributed by atoms with van der Waals surface area (Å²) in [4.78, 5) is 15.2.